The predicted octanol–water partition coefficient (Wildman–Crippen LogP) is 1.71. The molecular weight excluding hydrogens is 294 g/mol. The minimum Gasteiger partial charge on any atom is -0.352 e. The third kappa shape index (κ3) is 3.50. The Morgan fingerprint density at radius 3 is 2.65 bits per heavy atom. The van der Waals surface area contributed by atoms with Crippen molar-refractivity contribution in [2.24, 2.45) is 5.73 Å². The predicted molar refractivity (Wildman–Crippen MR) is 86.0 cm³/mol. The number of carbonyl (C=O) groups excluding carboxylic acids is 2. The van der Waals surface area contributed by atoms with E-state index in [0.717, 1.165) is 42.5 Å². The molecule has 5 N–H and O–H groups in total. The summed E-state index contributed by atoms with van der Waals surface area (Å²) in [6.07, 6.45) is 4.21. The molecule has 1 aliphatic carbocycles. The highest BCUT2D eigenvalue weighted by atomic mass is 16.2. The highest BCUT2D eigenvalue weighted by molar-refractivity contribution is 6.04. The third-order valence-corrected chi connectivity index (χ3v) is 3.97. The summed E-state index contributed by atoms with van der Waals surface area (Å²) in [4.78, 5) is 23.0. The van der Waals surface area contributed by atoms with Crippen molar-refractivity contribution in [3.63, 3.8) is 0 Å². The standard InChI is InChI=1S/C16H19N5O2/c17-16(23)18-9-10-5-7-11(8-6-10)15(22)19-14-12-3-1-2-4-13(12)20-21-14/h5-8H,1-4,9H2,(H3,17,18,23)(H2,19,20,21,22). The molecule has 0 fully saturated rings. The van der Waals surface area contributed by atoms with Crippen LogP contribution in [-0.4, -0.2) is 22.1 Å². The van der Waals surface area contributed by atoms with Gasteiger partial charge in [-0.25, -0.2) is 4.79 Å². The van der Waals surface area contributed by atoms with E-state index in [4.69, 9.17) is 5.73 Å². The van der Waals surface area contributed by atoms with Gasteiger partial charge in [-0.05, 0) is 43.4 Å². The minimum atomic E-state index is -0.574. The Labute approximate surface area is 133 Å². The van der Waals surface area contributed by atoms with Gasteiger partial charge >= 0.3 is 6.03 Å². The van der Waals surface area contributed by atoms with E-state index in [0.29, 0.717) is 17.9 Å². The van der Waals surface area contributed by atoms with Gasteiger partial charge in [0.2, 0.25) is 0 Å². The highest BCUT2D eigenvalue weighted by Crippen LogP contribution is 2.25. The summed E-state index contributed by atoms with van der Waals surface area (Å²) in [5.74, 6) is 0.434. The largest absolute Gasteiger partial charge is 0.352 e. The molecule has 0 bridgehead atoms. The van der Waals surface area contributed by atoms with E-state index in [1.165, 1.54) is 0 Å². The Morgan fingerprint density at radius 1 is 1.17 bits per heavy atom. The lowest BCUT2D eigenvalue weighted by Crippen LogP contribution is -2.28. The number of rotatable bonds is 4. The fraction of sp³-hybridized carbons (Fsp3) is 0.312. The van der Waals surface area contributed by atoms with Crippen LogP contribution in [0.25, 0.3) is 0 Å². The molecule has 120 valence electrons. The van der Waals surface area contributed by atoms with E-state index in [1.54, 1.807) is 24.3 Å². The number of aryl methyl sites for hydroxylation is 1. The molecule has 1 aromatic heterocycles. The van der Waals surface area contributed by atoms with Gasteiger partial charge in [-0.1, -0.05) is 12.1 Å². The fourth-order valence-corrected chi connectivity index (χ4v) is 2.73. The molecule has 2 aromatic rings. The van der Waals surface area contributed by atoms with Crippen molar-refractivity contribution >= 4 is 17.8 Å². The second-order valence-corrected chi connectivity index (χ2v) is 5.61. The van der Waals surface area contributed by atoms with E-state index in [-0.39, 0.29) is 5.91 Å². The van der Waals surface area contributed by atoms with Crippen LogP contribution in [0.4, 0.5) is 10.6 Å². The van der Waals surface area contributed by atoms with Crippen molar-refractivity contribution in [3.05, 3.63) is 46.6 Å². The molecule has 0 saturated heterocycles. The molecule has 0 radical (unpaired) electrons. The maximum Gasteiger partial charge on any atom is 0.312 e. The number of H-pyrrole nitrogens is 1. The smallest absolute Gasteiger partial charge is 0.312 e. The summed E-state index contributed by atoms with van der Waals surface area (Å²) in [6, 6.07) is 6.42. The number of fused-ring (bicyclic) bond motifs is 1. The van der Waals surface area contributed by atoms with Gasteiger partial charge in [-0.15, -0.1) is 0 Å². The van der Waals surface area contributed by atoms with Gasteiger partial charge in [0.05, 0.1) is 0 Å². The minimum absolute atomic E-state index is 0.195. The molecular formula is C16H19N5O2. The average Bonchev–Trinajstić information content (AvgIpc) is 2.96. The van der Waals surface area contributed by atoms with Gasteiger partial charge in [0.25, 0.3) is 5.91 Å². The quantitative estimate of drug-likeness (QED) is 0.689. The maximum absolute atomic E-state index is 12.3. The number of hydrogen-bond acceptors (Lipinski definition) is 3. The van der Waals surface area contributed by atoms with Crippen LogP contribution in [-0.2, 0) is 19.4 Å². The Balaban J connectivity index is 1.66. The van der Waals surface area contributed by atoms with Crippen molar-refractivity contribution in [2.75, 3.05) is 5.32 Å². The lowest BCUT2D eigenvalue weighted by molar-refractivity contribution is 0.102. The molecule has 0 unspecified atom stereocenters. The molecule has 7 heteroatoms. The van der Waals surface area contributed by atoms with Gasteiger partial charge in [-0.3, -0.25) is 9.89 Å². The molecule has 3 amide bonds. The summed E-state index contributed by atoms with van der Waals surface area (Å²) in [5.41, 5.74) is 8.68. The summed E-state index contributed by atoms with van der Waals surface area (Å²) in [7, 11) is 0. The number of nitrogens with one attached hydrogen (secondary N) is 3. The van der Waals surface area contributed by atoms with Crippen LogP contribution in [0.3, 0.4) is 0 Å². The van der Waals surface area contributed by atoms with Crippen LogP contribution >= 0.6 is 0 Å². The van der Waals surface area contributed by atoms with Gasteiger partial charge in [-0.2, -0.15) is 5.10 Å². The SMILES string of the molecule is NC(=O)NCc1ccc(C(=O)Nc2n[nH]c3c2CCCC3)cc1. The molecule has 0 spiro atoms. The zero-order valence-corrected chi connectivity index (χ0v) is 12.7. The Bertz CT molecular complexity index is 721. The Kier molecular flexibility index (Phi) is 4.27. The second-order valence-electron chi connectivity index (χ2n) is 5.61. The number of nitrogens with zero attached hydrogens (tertiary/aromatic N) is 1. The Hall–Kier alpha value is -2.83. The summed E-state index contributed by atoms with van der Waals surface area (Å²) in [5, 5.41) is 12.6. The first-order valence-electron chi connectivity index (χ1n) is 7.63. The first-order valence-corrected chi connectivity index (χ1v) is 7.63. The number of amides is 3. The molecule has 1 aromatic carbocycles. The summed E-state index contributed by atoms with van der Waals surface area (Å²) < 4.78 is 0. The lowest BCUT2D eigenvalue weighted by atomic mass is 9.97. The van der Waals surface area contributed by atoms with Crippen LogP contribution < -0.4 is 16.4 Å². The molecule has 1 aliphatic rings. The van der Waals surface area contributed by atoms with Crippen molar-refractivity contribution in [3.8, 4) is 0 Å². The van der Waals surface area contributed by atoms with Gasteiger partial charge < -0.3 is 16.4 Å². The first-order chi connectivity index (χ1) is 11.1. The number of benzene rings is 1. The number of carbonyl (C=O) groups is 2. The molecule has 23 heavy (non-hydrogen) atoms. The van der Waals surface area contributed by atoms with Crippen LogP contribution in [0.5, 0.6) is 0 Å². The van der Waals surface area contributed by atoms with Crippen LogP contribution in [0.2, 0.25) is 0 Å². The zero-order valence-electron chi connectivity index (χ0n) is 12.7. The van der Waals surface area contributed by atoms with Crippen molar-refractivity contribution in [2.45, 2.75) is 32.2 Å². The maximum atomic E-state index is 12.3. The Morgan fingerprint density at radius 2 is 1.91 bits per heavy atom. The highest BCUT2D eigenvalue weighted by Gasteiger charge is 2.18. The normalized spacial score (nSPS) is 13.2. The molecule has 7 nitrogen and oxygen atoms in total. The van der Waals surface area contributed by atoms with Gasteiger partial charge in [0.15, 0.2) is 5.82 Å². The number of aromatic amines is 1. The number of aromatic nitrogens is 2. The van der Waals surface area contributed by atoms with Crippen LogP contribution in [0, 0.1) is 0 Å². The molecule has 3 rings (SSSR count). The first kappa shape index (κ1) is 15.1. The van der Waals surface area contributed by atoms with Crippen molar-refractivity contribution < 1.29 is 9.59 Å². The molecule has 0 atom stereocenters. The van der Waals surface area contributed by atoms with E-state index in [9.17, 15) is 9.59 Å². The topological polar surface area (TPSA) is 113 Å². The van der Waals surface area contributed by atoms with E-state index >= 15 is 0 Å². The molecule has 1 heterocycles. The van der Waals surface area contributed by atoms with Crippen molar-refractivity contribution in [1.29, 1.82) is 0 Å². The third-order valence-electron chi connectivity index (χ3n) is 3.97. The molecule has 0 aliphatic heterocycles. The summed E-state index contributed by atoms with van der Waals surface area (Å²) >= 11 is 0. The second kappa shape index (κ2) is 6.51. The summed E-state index contributed by atoms with van der Waals surface area (Å²) in [6.45, 7) is 0.337. The van der Waals surface area contributed by atoms with E-state index < -0.39 is 6.03 Å². The number of anilines is 1. The van der Waals surface area contributed by atoms with Gasteiger partial charge in [0, 0.05) is 23.4 Å². The van der Waals surface area contributed by atoms with Crippen LogP contribution in [0.1, 0.15) is 40.0 Å². The number of hydrogen-bond donors (Lipinski definition) is 4. The zero-order chi connectivity index (χ0) is 16.2. The van der Waals surface area contributed by atoms with Crippen molar-refractivity contribution in [1.82, 2.24) is 15.5 Å². The van der Waals surface area contributed by atoms with Crippen LogP contribution in [0.15, 0.2) is 24.3 Å². The fourth-order valence-electron chi connectivity index (χ4n) is 2.73. The lowest BCUT2D eigenvalue weighted by Gasteiger charge is -2.11. The van der Waals surface area contributed by atoms with Gasteiger partial charge in [0.1, 0.15) is 0 Å². The molecule has 0 saturated carbocycles. The number of urea groups is 1. The monoisotopic (exact) mass is 313 g/mol. The number of nitrogens with two attached hydrogens (primary N) is 1. The average molecular weight is 313 g/mol. The number of primary amides is 1. The van der Waals surface area contributed by atoms with E-state index in [2.05, 4.69) is 20.8 Å². The van der Waals surface area contributed by atoms with E-state index in [1.807, 2.05) is 0 Å².